The third-order valence-electron chi connectivity index (χ3n) is 0.286. The molecule has 6 N–H and O–H groups in total. The van der Waals surface area contributed by atoms with Crippen molar-refractivity contribution in [2.24, 2.45) is 11.8 Å². The fourth-order valence-corrected chi connectivity index (χ4v) is 3.71. The Bertz CT molecular complexity index is 31.7. The molecule has 0 bridgehead atoms. The number of nitrogens with two attached hydrogens (primary N) is 3. The second-order valence-electron chi connectivity index (χ2n) is 0.625. The zero-order valence-electron chi connectivity index (χ0n) is 3.44. The zero-order valence-corrected chi connectivity index (χ0v) is 9.92. The van der Waals surface area contributed by atoms with Crippen molar-refractivity contribution in [3.8, 4) is 0 Å². The molecule has 7 heavy (non-hydrogen) atoms. The molecule has 0 aliphatic heterocycles. The minimum atomic E-state index is -0.111. The Balaban J connectivity index is 2.99. The van der Waals surface area contributed by atoms with Crippen LogP contribution >= 0.6 is 0 Å². The Labute approximate surface area is 74.6 Å². The third-order valence-corrected chi connectivity index (χ3v) is 12.9. The molecule has 0 saturated carbocycles. The van der Waals surface area contributed by atoms with Crippen LogP contribution in [0, 0.1) is 0 Å². The predicted octanol–water partition coefficient (Wildman–Crippen LogP) is -11.1. The molecule has 0 aliphatic rings. The van der Waals surface area contributed by atoms with Crippen LogP contribution < -0.4 is 75.6 Å². The summed E-state index contributed by atoms with van der Waals surface area (Å²) < 4.78 is 16.8. The quantitative estimate of drug-likeness (QED) is 0.232. The zero-order chi connectivity index (χ0) is 5.70. The Morgan fingerprint density at radius 2 is 1.14 bits per heavy atom. The Morgan fingerprint density at radius 1 is 0.857 bits per heavy atom. The Hall–Kier alpha value is 2.13. The molecule has 0 atom stereocenters. The Morgan fingerprint density at radius 3 is 1.14 bits per heavy atom. The van der Waals surface area contributed by atoms with Crippen molar-refractivity contribution in [1.82, 2.24) is 0 Å². The topological polar surface area (TPSA) is 78.1 Å². The van der Waals surface area contributed by atoms with Crippen molar-refractivity contribution < 1.29 is 63.8 Å². The molecule has 0 rings (SSSR count). The van der Waals surface area contributed by atoms with Crippen molar-refractivity contribution in [1.29, 1.82) is 0 Å². The van der Waals surface area contributed by atoms with Gasteiger partial charge in [0.25, 0.3) is 0 Å². The molecule has 7 heteroatoms. The number of rotatable bonds is 3. The number of hydrogen-bond donors (Lipinski definition) is 3. The van der Waals surface area contributed by atoms with Crippen LogP contribution in [0.15, 0.2) is 0 Å². The van der Waals surface area contributed by atoms with E-state index < -0.39 is 0 Å². The van der Waals surface area contributed by atoms with E-state index in [9.17, 15) is 0 Å². The van der Waals surface area contributed by atoms with E-state index in [1.165, 1.54) is 0 Å². The molecule has 0 heterocycles. The van der Waals surface area contributed by atoms with Gasteiger partial charge in [0.05, 0.1) is 0 Å². The summed E-state index contributed by atoms with van der Waals surface area (Å²) >= 11 is -0.332. The van der Waals surface area contributed by atoms with E-state index in [1.54, 1.807) is 0 Å². The molecule has 0 spiro atoms. The normalized spacial score (nSPS) is 10.7. The van der Waals surface area contributed by atoms with Crippen molar-refractivity contribution in [2.45, 2.75) is 0 Å². The summed E-state index contributed by atoms with van der Waals surface area (Å²) in [6.07, 6.45) is 0. The summed E-state index contributed by atoms with van der Waals surface area (Å²) in [4.78, 5) is 0. The molecular weight excluding hydrogens is 434 g/mol. The van der Waals surface area contributed by atoms with E-state index in [1.807, 2.05) is 0 Å². The predicted molar refractivity (Wildman–Crippen MR) is 18.3 cm³/mol. The molecular formula is H6BI3N3-3. The molecule has 0 saturated heterocycles. The number of halogens is 3. The van der Waals surface area contributed by atoms with Gasteiger partial charge in [-0.25, -0.2) is 0 Å². The molecule has 0 aromatic heterocycles. The third kappa shape index (κ3) is 4.63. The van der Waals surface area contributed by atoms with Gasteiger partial charge in [-0.05, 0) is 0 Å². The van der Waals surface area contributed by atoms with Gasteiger partial charge in [0.1, 0.15) is 0 Å². The van der Waals surface area contributed by atoms with Gasteiger partial charge in [-0.1, -0.05) is 0 Å². The van der Waals surface area contributed by atoms with Gasteiger partial charge in [0, 0.05) is 0 Å². The van der Waals surface area contributed by atoms with Crippen LogP contribution in [0.25, 0.3) is 0 Å². The first-order valence-electron chi connectivity index (χ1n) is 1.31. The van der Waals surface area contributed by atoms with Gasteiger partial charge in [-0.2, -0.15) is 0 Å². The molecule has 0 aliphatic carbocycles. The molecule has 3 nitrogen and oxygen atoms in total. The van der Waals surface area contributed by atoms with Gasteiger partial charge in [-0.3, -0.25) is 0 Å². The van der Waals surface area contributed by atoms with Crippen molar-refractivity contribution in [3.05, 3.63) is 0 Å². The summed E-state index contributed by atoms with van der Waals surface area (Å²) in [5.41, 5.74) is 0. The summed E-state index contributed by atoms with van der Waals surface area (Å²) in [7, 11) is 0. The maximum absolute atomic E-state index is 5.40. The molecule has 0 amide bonds. The second-order valence-corrected chi connectivity index (χ2v) is 13.7. The maximum atomic E-state index is 5.40. The van der Waals surface area contributed by atoms with Crippen LogP contribution in [0.4, 0.5) is 0 Å². The first kappa shape index (κ1) is 9.13. The van der Waals surface area contributed by atoms with Gasteiger partial charge in [0.2, 0.25) is 0 Å². The van der Waals surface area contributed by atoms with E-state index in [0.717, 1.165) is 0 Å². The van der Waals surface area contributed by atoms with Gasteiger partial charge in [0.15, 0.2) is 0 Å². The van der Waals surface area contributed by atoms with Crippen LogP contribution in [0.3, 0.4) is 0 Å². The summed E-state index contributed by atoms with van der Waals surface area (Å²) in [6, 6.07) is 0. The van der Waals surface area contributed by atoms with E-state index in [2.05, 4.69) is 0 Å². The standard InChI is InChI=1S/BH6I3N3/c5-2-1(3-6)4-7/h5-7H2/q-3. The Kier molecular flexibility index (Phi) is 8.17. The van der Waals surface area contributed by atoms with E-state index in [0.29, 0.717) is 0.282 Å². The average molecular weight is 440 g/mol. The van der Waals surface area contributed by atoms with Crippen LogP contribution in [-0.2, 0) is 0 Å². The van der Waals surface area contributed by atoms with Crippen molar-refractivity contribution in [2.75, 3.05) is 0 Å². The molecule has 0 aromatic rings. The fraction of sp³-hybridized carbons (Fsp3) is 0. The fourth-order valence-electron chi connectivity index (χ4n) is 0.0825. The summed E-state index contributed by atoms with van der Waals surface area (Å²) in [6.45, 7) is 0. The monoisotopic (exact) mass is 440 g/mol. The first-order chi connectivity index (χ1) is 3.35. The molecule has 0 aromatic carbocycles. The van der Waals surface area contributed by atoms with Crippen LogP contribution in [-0.4, -0.2) is 0.282 Å². The summed E-state index contributed by atoms with van der Waals surface area (Å²) in [5, 5.41) is 0. The number of hydrogen-bond acceptors (Lipinski definition) is 3. The molecule has 0 fully saturated rings. The van der Waals surface area contributed by atoms with Gasteiger partial charge < -0.3 is 0 Å². The average Bonchev–Trinajstić information content (AvgIpc) is 1.72. The molecule has 48 valence electrons. The first-order valence-corrected chi connectivity index (χ1v) is 8.78. The van der Waals surface area contributed by atoms with Gasteiger partial charge in [-0.15, -0.1) is 0 Å². The van der Waals surface area contributed by atoms with Crippen LogP contribution in [0.5, 0.6) is 0 Å². The van der Waals surface area contributed by atoms with Crippen molar-refractivity contribution >= 4 is 0.282 Å². The van der Waals surface area contributed by atoms with E-state index in [-0.39, 0.29) is 63.8 Å². The van der Waals surface area contributed by atoms with E-state index in [4.69, 9.17) is 11.8 Å². The minimum absolute atomic E-state index is 0.111. The summed E-state index contributed by atoms with van der Waals surface area (Å²) in [5.74, 6) is 0. The van der Waals surface area contributed by atoms with Crippen LogP contribution in [0.2, 0.25) is 0 Å². The van der Waals surface area contributed by atoms with Gasteiger partial charge >= 0.3 is 75.9 Å². The van der Waals surface area contributed by atoms with Crippen LogP contribution in [0.1, 0.15) is 0 Å². The molecule has 0 radical (unpaired) electrons. The molecule has 0 unspecified atom stereocenters. The second kappa shape index (κ2) is 6.26. The van der Waals surface area contributed by atoms with E-state index >= 15 is 0 Å². The SMILES string of the molecule is N[I-]B([I-]N)[I-]N. The van der Waals surface area contributed by atoms with Crippen molar-refractivity contribution in [3.63, 3.8) is 0 Å².